The molecule has 2 fully saturated rings. The van der Waals surface area contributed by atoms with Crippen molar-refractivity contribution in [1.29, 1.82) is 0 Å². The molecule has 3 aromatic heterocycles. The van der Waals surface area contributed by atoms with Gasteiger partial charge in [-0.05, 0) is 59.7 Å². The molecule has 228 valence electrons. The number of nitrogens with one attached hydrogen (secondary N) is 2. The molecule has 0 bridgehead atoms. The van der Waals surface area contributed by atoms with Gasteiger partial charge in [0.15, 0.2) is 0 Å². The Bertz CT molecular complexity index is 1980. The second-order valence-electron chi connectivity index (χ2n) is 12.5. The molecule has 2 atom stereocenters. The fraction of sp³-hybridized carbons (Fsp3) is 0.324. The molecule has 2 aromatic carbocycles. The van der Waals surface area contributed by atoms with Crippen molar-refractivity contribution in [3.63, 3.8) is 0 Å². The first kappa shape index (κ1) is 27.8. The summed E-state index contributed by atoms with van der Waals surface area (Å²) >= 11 is 6.68. The van der Waals surface area contributed by atoms with Crippen LogP contribution in [0.1, 0.15) is 54.3 Å². The van der Waals surface area contributed by atoms with Crippen molar-refractivity contribution in [3.8, 4) is 11.3 Å². The van der Waals surface area contributed by atoms with Gasteiger partial charge >= 0.3 is 5.69 Å². The minimum Gasteiger partial charge on any atom is -0.343 e. The van der Waals surface area contributed by atoms with Crippen LogP contribution in [0.5, 0.6) is 0 Å². The maximum atomic E-state index is 14.4. The van der Waals surface area contributed by atoms with Gasteiger partial charge in [-0.3, -0.25) is 24.2 Å². The predicted molar refractivity (Wildman–Crippen MR) is 169 cm³/mol. The van der Waals surface area contributed by atoms with Gasteiger partial charge in [-0.15, -0.1) is 0 Å². The molecule has 8 rings (SSSR count). The smallest absolute Gasteiger partial charge is 0.326 e. The molecule has 0 radical (unpaired) electrons. The number of likely N-dealkylation sites (tertiary alicyclic amines) is 1. The van der Waals surface area contributed by atoms with Gasteiger partial charge < -0.3 is 14.8 Å². The van der Waals surface area contributed by atoms with E-state index in [1.807, 2.05) is 64.5 Å². The van der Waals surface area contributed by atoms with Crippen LogP contribution >= 0.6 is 11.6 Å². The van der Waals surface area contributed by atoms with Crippen LogP contribution in [0.25, 0.3) is 22.2 Å². The van der Waals surface area contributed by atoms with Crippen molar-refractivity contribution < 1.29 is 9.59 Å². The number of carbonyl (C=O) groups excluding carboxylic acids is 2. The number of amides is 2. The minimum atomic E-state index is -0.810. The molecule has 1 saturated heterocycles. The molecule has 2 amide bonds. The number of benzene rings is 2. The van der Waals surface area contributed by atoms with Gasteiger partial charge in [0, 0.05) is 68.5 Å². The first-order valence-electron chi connectivity index (χ1n) is 15.4. The largest absolute Gasteiger partial charge is 0.343 e. The number of piperidine rings is 1. The number of aromatic nitrogens is 5. The SMILES string of the molecule is O=C(C[C@@]12C[C@@H]1c1cc(Cl)c3[nH]ncc3c1CN(Cc1ccncc1)C2=O)N1CCC(n2cc(-c3ccccc3)[nH]c2=O)CC1. The summed E-state index contributed by atoms with van der Waals surface area (Å²) in [6.45, 7) is 1.91. The van der Waals surface area contributed by atoms with Crippen LogP contribution in [0.2, 0.25) is 5.02 Å². The lowest BCUT2D eigenvalue weighted by atomic mass is 9.91. The molecule has 1 saturated carbocycles. The van der Waals surface area contributed by atoms with Gasteiger partial charge in [-0.1, -0.05) is 41.9 Å². The zero-order valence-corrected chi connectivity index (χ0v) is 25.3. The molecule has 0 spiro atoms. The number of nitrogens with zero attached hydrogens (tertiary/aromatic N) is 5. The van der Waals surface area contributed by atoms with Crippen molar-refractivity contribution in [2.45, 2.75) is 50.7 Å². The molecule has 11 heteroatoms. The third kappa shape index (κ3) is 4.75. The second kappa shape index (κ2) is 10.7. The molecule has 0 unspecified atom stereocenters. The highest BCUT2D eigenvalue weighted by molar-refractivity contribution is 6.35. The van der Waals surface area contributed by atoms with Crippen molar-refractivity contribution in [3.05, 3.63) is 106 Å². The predicted octanol–water partition coefficient (Wildman–Crippen LogP) is 5.04. The van der Waals surface area contributed by atoms with Crippen LogP contribution in [0.4, 0.5) is 0 Å². The van der Waals surface area contributed by atoms with Crippen LogP contribution in [0.3, 0.4) is 0 Å². The average molecular weight is 622 g/mol. The number of pyridine rings is 1. The summed E-state index contributed by atoms with van der Waals surface area (Å²) in [4.78, 5) is 52.0. The maximum Gasteiger partial charge on any atom is 0.326 e. The van der Waals surface area contributed by atoms with E-state index in [0.29, 0.717) is 50.5 Å². The van der Waals surface area contributed by atoms with Gasteiger partial charge in [0.05, 0.1) is 27.8 Å². The number of carbonyl (C=O) groups is 2. The topological polar surface area (TPSA) is 120 Å². The van der Waals surface area contributed by atoms with Gasteiger partial charge in [-0.2, -0.15) is 5.10 Å². The Morgan fingerprint density at radius 2 is 1.84 bits per heavy atom. The molecule has 3 aliphatic rings. The average Bonchev–Trinajstić information content (AvgIpc) is 3.38. The first-order chi connectivity index (χ1) is 21.9. The summed E-state index contributed by atoms with van der Waals surface area (Å²) in [5, 5.41) is 8.72. The molecule has 2 N–H and O–H groups in total. The number of hydrogen-bond donors (Lipinski definition) is 2. The second-order valence-corrected chi connectivity index (χ2v) is 13.0. The normalized spacial score (nSPS) is 21.4. The van der Waals surface area contributed by atoms with E-state index in [2.05, 4.69) is 20.2 Å². The number of hydrogen-bond acceptors (Lipinski definition) is 5. The summed E-state index contributed by atoms with van der Waals surface area (Å²) < 4.78 is 1.77. The number of fused-ring (bicyclic) bond motifs is 5. The molecule has 45 heavy (non-hydrogen) atoms. The Morgan fingerprint density at radius 3 is 2.62 bits per heavy atom. The zero-order chi connectivity index (χ0) is 30.7. The molecular formula is C34H32ClN7O3. The van der Waals surface area contributed by atoms with E-state index in [1.165, 1.54) is 0 Å². The van der Waals surface area contributed by atoms with Crippen molar-refractivity contribution in [2.75, 3.05) is 13.1 Å². The Hall–Kier alpha value is -4.70. The Morgan fingerprint density at radius 1 is 1.07 bits per heavy atom. The van der Waals surface area contributed by atoms with Crippen molar-refractivity contribution in [1.82, 2.24) is 34.5 Å². The standard InChI is InChI=1S/C34H32ClN7O3/c35-28-14-24-26(25-17-37-39-31(25)28)19-41(18-21-6-10-36-11-7-21)32(44)34(15-27(24)34)16-30(43)40-12-8-23(9-13-40)42-20-29(38-33(42)45)22-4-2-1-3-5-22/h1-7,10-11,14,17,20,23,27H,8-9,12-13,15-16,18-19H2,(H,37,39)(H,38,45)/t27-,34+/m1/s1. The lowest BCUT2D eigenvalue weighted by molar-refractivity contribution is -0.144. The summed E-state index contributed by atoms with van der Waals surface area (Å²) in [7, 11) is 0. The highest BCUT2D eigenvalue weighted by Gasteiger charge is 2.64. The van der Waals surface area contributed by atoms with Crippen LogP contribution in [-0.2, 0) is 22.7 Å². The number of halogens is 1. The first-order valence-corrected chi connectivity index (χ1v) is 15.8. The third-order valence-corrected chi connectivity index (χ3v) is 10.3. The van der Waals surface area contributed by atoms with E-state index in [-0.39, 0.29) is 35.9 Å². The fourth-order valence-corrected chi connectivity index (χ4v) is 7.75. The molecule has 1 aliphatic carbocycles. The third-order valence-electron chi connectivity index (χ3n) is 9.98. The van der Waals surface area contributed by atoms with Gasteiger partial charge in [0.1, 0.15) is 0 Å². The number of H-pyrrole nitrogens is 2. The number of rotatable bonds is 6. The Balaban J connectivity index is 1.03. The molecular weight excluding hydrogens is 590 g/mol. The highest BCUT2D eigenvalue weighted by atomic mass is 35.5. The van der Waals surface area contributed by atoms with E-state index < -0.39 is 5.41 Å². The Labute approximate surface area is 264 Å². The van der Waals surface area contributed by atoms with Crippen molar-refractivity contribution >= 4 is 34.3 Å². The van der Waals surface area contributed by atoms with Crippen LogP contribution in [-0.4, -0.2) is 59.4 Å². The van der Waals surface area contributed by atoms with E-state index in [1.54, 1.807) is 23.2 Å². The fourth-order valence-electron chi connectivity index (χ4n) is 7.49. The summed E-state index contributed by atoms with van der Waals surface area (Å²) in [6, 6.07) is 15.6. The van der Waals surface area contributed by atoms with Crippen LogP contribution < -0.4 is 5.69 Å². The lowest BCUT2D eigenvalue weighted by Crippen LogP contribution is -2.43. The molecule has 5 aromatic rings. The molecule has 5 heterocycles. The maximum absolute atomic E-state index is 14.4. The van der Waals surface area contributed by atoms with E-state index in [4.69, 9.17) is 11.6 Å². The molecule has 10 nitrogen and oxygen atoms in total. The monoisotopic (exact) mass is 621 g/mol. The van der Waals surface area contributed by atoms with Crippen molar-refractivity contribution in [2.24, 2.45) is 5.41 Å². The zero-order valence-electron chi connectivity index (χ0n) is 24.6. The Kier molecular flexibility index (Phi) is 6.63. The summed E-state index contributed by atoms with van der Waals surface area (Å²) in [5.41, 5.74) is 4.61. The highest BCUT2D eigenvalue weighted by Crippen LogP contribution is 2.65. The van der Waals surface area contributed by atoms with Crippen LogP contribution in [0, 0.1) is 5.41 Å². The minimum absolute atomic E-state index is 0.00355. The van der Waals surface area contributed by atoms with E-state index in [9.17, 15) is 14.4 Å². The van der Waals surface area contributed by atoms with E-state index in [0.717, 1.165) is 38.9 Å². The number of aromatic amines is 2. The van der Waals surface area contributed by atoms with Gasteiger partial charge in [-0.25, -0.2) is 4.79 Å². The molecule has 2 aliphatic heterocycles. The summed E-state index contributed by atoms with van der Waals surface area (Å²) in [5.74, 6) is -0.0992. The quantitative estimate of drug-likeness (QED) is 0.275. The number of imidazole rings is 1. The van der Waals surface area contributed by atoms with E-state index >= 15 is 0 Å². The summed E-state index contributed by atoms with van der Waals surface area (Å²) in [6.07, 6.45) is 9.22. The van der Waals surface area contributed by atoms with Gasteiger partial charge in [0.25, 0.3) is 0 Å². The lowest BCUT2D eigenvalue weighted by Gasteiger charge is -2.34. The van der Waals surface area contributed by atoms with Crippen LogP contribution in [0.15, 0.2) is 78.1 Å². The van der Waals surface area contributed by atoms with Gasteiger partial charge in [0.2, 0.25) is 11.8 Å².